The third-order valence-corrected chi connectivity index (χ3v) is 3.65. The van der Waals surface area contributed by atoms with Crippen LogP contribution < -0.4 is 0 Å². The zero-order valence-corrected chi connectivity index (χ0v) is 12.6. The van der Waals surface area contributed by atoms with E-state index in [1.165, 1.54) is 0 Å². The average molecular weight is 304 g/mol. The molecule has 0 radical (unpaired) electrons. The summed E-state index contributed by atoms with van der Waals surface area (Å²) in [6, 6.07) is 18.2. The Labute approximate surface area is 129 Å². The Balaban J connectivity index is 2.03. The molecule has 1 atom stereocenters. The van der Waals surface area contributed by atoms with Crippen molar-refractivity contribution in [2.45, 2.75) is 5.38 Å². The summed E-state index contributed by atoms with van der Waals surface area (Å²) < 4.78 is 0. The topological polar surface area (TPSA) is 40.5 Å². The molecular weight excluding hydrogens is 286 g/mol. The molecule has 0 fully saturated rings. The van der Waals surface area contributed by atoms with Gasteiger partial charge in [0.2, 0.25) is 0 Å². The number of likely N-dealkylation sites (N-methyl/N-ethyl adjacent to an activating group) is 1. The molecule has 0 amide bonds. The van der Waals surface area contributed by atoms with Gasteiger partial charge in [-0.3, -0.25) is 9.69 Å². The summed E-state index contributed by atoms with van der Waals surface area (Å²) >= 11 is 6.35. The van der Waals surface area contributed by atoms with E-state index in [4.69, 9.17) is 16.7 Å². The van der Waals surface area contributed by atoms with Crippen molar-refractivity contribution < 1.29 is 9.90 Å². The molecule has 0 bridgehead atoms. The summed E-state index contributed by atoms with van der Waals surface area (Å²) in [5.41, 5.74) is 3.30. The smallest absolute Gasteiger partial charge is 0.317 e. The molecule has 4 heteroatoms. The van der Waals surface area contributed by atoms with Crippen molar-refractivity contribution >= 4 is 17.6 Å². The fraction of sp³-hybridized carbons (Fsp3) is 0.235. The Morgan fingerprint density at radius 1 is 1.10 bits per heavy atom. The maximum absolute atomic E-state index is 10.6. The number of aliphatic carboxylic acids is 1. The number of benzene rings is 2. The Kier molecular flexibility index (Phi) is 5.37. The van der Waals surface area contributed by atoms with E-state index >= 15 is 0 Å². The van der Waals surface area contributed by atoms with E-state index in [1.807, 2.05) is 42.5 Å². The van der Waals surface area contributed by atoms with Gasteiger partial charge in [-0.1, -0.05) is 54.6 Å². The summed E-state index contributed by atoms with van der Waals surface area (Å²) in [5.74, 6) is -0.846. The van der Waals surface area contributed by atoms with Crippen molar-refractivity contribution in [1.29, 1.82) is 0 Å². The second-order valence-electron chi connectivity index (χ2n) is 5.05. The van der Waals surface area contributed by atoms with Gasteiger partial charge >= 0.3 is 5.97 Å². The third kappa shape index (κ3) is 4.59. The van der Waals surface area contributed by atoms with Crippen LogP contribution >= 0.6 is 11.6 Å². The number of carbonyl (C=O) groups is 1. The number of hydrogen-bond donors (Lipinski definition) is 1. The van der Waals surface area contributed by atoms with Gasteiger partial charge in [-0.2, -0.15) is 0 Å². The predicted molar refractivity (Wildman–Crippen MR) is 85.6 cm³/mol. The lowest BCUT2D eigenvalue weighted by molar-refractivity contribution is -0.137. The number of nitrogens with zero attached hydrogens (tertiary/aromatic N) is 1. The first-order valence-corrected chi connectivity index (χ1v) is 7.19. The van der Waals surface area contributed by atoms with Crippen molar-refractivity contribution in [2.75, 3.05) is 20.1 Å². The van der Waals surface area contributed by atoms with Crippen molar-refractivity contribution in [3.63, 3.8) is 0 Å². The van der Waals surface area contributed by atoms with Crippen LogP contribution in [0.5, 0.6) is 0 Å². The van der Waals surface area contributed by atoms with Gasteiger partial charge < -0.3 is 5.11 Å². The molecule has 1 unspecified atom stereocenters. The van der Waals surface area contributed by atoms with E-state index in [0.29, 0.717) is 6.54 Å². The van der Waals surface area contributed by atoms with Gasteiger partial charge in [-0.15, -0.1) is 11.6 Å². The first-order chi connectivity index (χ1) is 10.1. The van der Waals surface area contributed by atoms with E-state index in [1.54, 1.807) is 11.9 Å². The van der Waals surface area contributed by atoms with Crippen molar-refractivity contribution in [3.05, 3.63) is 60.2 Å². The maximum atomic E-state index is 10.6. The average Bonchev–Trinajstić information content (AvgIpc) is 2.47. The van der Waals surface area contributed by atoms with Crippen LogP contribution in [0.25, 0.3) is 11.1 Å². The Bertz CT molecular complexity index is 583. The number of rotatable bonds is 6. The number of alkyl halides is 1. The second kappa shape index (κ2) is 7.25. The minimum absolute atomic E-state index is 0.00861. The number of carboxylic acids is 1. The molecule has 21 heavy (non-hydrogen) atoms. The van der Waals surface area contributed by atoms with Crippen LogP contribution in [-0.4, -0.2) is 36.1 Å². The van der Waals surface area contributed by atoms with Crippen molar-refractivity contribution in [2.24, 2.45) is 0 Å². The highest BCUT2D eigenvalue weighted by Crippen LogP contribution is 2.25. The lowest BCUT2D eigenvalue weighted by Crippen LogP contribution is -2.28. The largest absolute Gasteiger partial charge is 0.480 e. The standard InChI is InChI=1S/C17H18ClNO2/c1-19(12-17(20)21)11-16(18)15-9-7-14(8-10-15)13-5-3-2-4-6-13/h2-10,16H,11-12H2,1H3,(H,20,21). The molecule has 2 aromatic rings. The second-order valence-corrected chi connectivity index (χ2v) is 5.57. The SMILES string of the molecule is CN(CC(=O)O)CC(Cl)c1ccc(-c2ccccc2)cc1. The van der Waals surface area contributed by atoms with E-state index in [2.05, 4.69) is 12.1 Å². The molecule has 2 rings (SSSR count). The number of hydrogen-bond acceptors (Lipinski definition) is 2. The summed E-state index contributed by atoms with van der Waals surface area (Å²) in [4.78, 5) is 12.3. The highest BCUT2D eigenvalue weighted by atomic mass is 35.5. The van der Waals surface area contributed by atoms with E-state index in [-0.39, 0.29) is 11.9 Å². The van der Waals surface area contributed by atoms with Gasteiger partial charge in [0, 0.05) is 6.54 Å². The van der Waals surface area contributed by atoms with Crippen LogP contribution in [0.3, 0.4) is 0 Å². The lowest BCUT2D eigenvalue weighted by Gasteiger charge is -2.18. The quantitative estimate of drug-likeness (QED) is 0.828. The van der Waals surface area contributed by atoms with Gasteiger partial charge in [0.1, 0.15) is 0 Å². The van der Waals surface area contributed by atoms with Crippen LogP contribution in [0, 0.1) is 0 Å². The Morgan fingerprint density at radius 2 is 1.67 bits per heavy atom. The predicted octanol–water partition coefficient (Wildman–Crippen LogP) is 3.65. The summed E-state index contributed by atoms with van der Waals surface area (Å²) in [6.07, 6.45) is 0. The minimum Gasteiger partial charge on any atom is -0.480 e. The number of carboxylic acid groups (broad SMARTS) is 1. The molecular formula is C17H18ClNO2. The fourth-order valence-electron chi connectivity index (χ4n) is 2.19. The Hall–Kier alpha value is -1.84. The van der Waals surface area contributed by atoms with Crippen LogP contribution in [0.1, 0.15) is 10.9 Å². The Morgan fingerprint density at radius 3 is 2.24 bits per heavy atom. The molecule has 0 spiro atoms. The molecule has 0 aromatic heterocycles. The number of halogens is 1. The van der Waals surface area contributed by atoms with Crippen LogP contribution in [0.2, 0.25) is 0 Å². The van der Waals surface area contributed by atoms with Crippen LogP contribution in [0.4, 0.5) is 0 Å². The van der Waals surface area contributed by atoms with Gasteiger partial charge in [-0.25, -0.2) is 0 Å². The summed E-state index contributed by atoms with van der Waals surface area (Å²) in [6.45, 7) is 0.490. The molecule has 1 N–H and O–H groups in total. The molecule has 0 saturated heterocycles. The van der Waals surface area contributed by atoms with Gasteiger partial charge in [0.15, 0.2) is 0 Å². The molecule has 0 aliphatic carbocycles. The third-order valence-electron chi connectivity index (χ3n) is 3.26. The molecule has 2 aromatic carbocycles. The fourth-order valence-corrected chi connectivity index (χ4v) is 2.57. The van der Waals surface area contributed by atoms with Gasteiger partial charge in [0.25, 0.3) is 0 Å². The monoisotopic (exact) mass is 303 g/mol. The van der Waals surface area contributed by atoms with Crippen LogP contribution in [0.15, 0.2) is 54.6 Å². The maximum Gasteiger partial charge on any atom is 0.317 e. The first-order valence-electron chi connectivity index (χ1n) is 6.76. The zero-order valence-electron chi connectivity index (χ0n) is 11.9. The molecule has 0 aliphatic heterocycles. The normalized spacial score (nSPS) is 12.3. The van der Waals surface area contributed by atoms with Crippen molar-refractivity contribution in [1.82, 2.24) is 4.90 Å². The summed E-state index contributed by atoms with van der Waals surface area (Å²) in [7, 11) is 1.75. The van der Waals surface area contributed by atoms with E-state index < -0.39 is 5.97 Å². The first kappa shape index (κ1) is 15.5. The summed E-state index contributed by atoms with van der Waals surface area (Å²) in [5, 5.41) is 8.52. The van der Waals surface area contributed by atoms with Gasteiger partial charge in [-0.05, 0) is 23.7 Å². The molecule has 110 valence electrons. The zero-order chi connectivity index (χ0) is 15.2. The van der Waals surface area contributed by atoms with E-state index in [9.17, 15) is 4.79 Å². The van der Waals surface area contributed by atoms with Gasteiger partial charge in [0.05, 0.1) is 11.9 Å². The highest BCUT2D eigenvalue weighted by molar-refractivity contribution is 6.21. The van der Waals surface area contributed by atoms with E-state index in [0.717, 1.165) is 16.7 Å². The highest BCUT2D eigenvalue weighted by Gasteiger charge is 2.13. The molecule has 3 nitrogen and oxygen atoms in total. The molecule has 0 aliphatic rings. The van der Waals surface area contributed by atoms with Crippen LogP contribution in [-0.2, 0) is 4.79 Å². The molecule has 0 saturated carbocycles. The van der Waals surface area contributed by atoms with Crippen molar-refractivity contribution in [3.8, 4) is 11.1 Å². The molecule has 0 heterocycles. The lowest BCUT2D eigenvalue weighted by atomic mass is 10.0. The minimum atomic E-state index is -0.846.